The molecule has 0 bridgehead atoms. The molecule has 2 rings (SSSR count). The minimum absolute atomic E-state index is 0.418. The van der Waals surface area contributed by atoms with Crippen LogP contribution in [0.5, 0.6) is 0 Å². The second-order valence-electron chi connectivity index (χ2n) is 4.17. The van der Waals surface area contributed by atoms with E-state index < -0.39 is 5.97 Å². The van der Waals surface area contributed by atoms with E-state index in [1.165, 1.54) is 7.11 Å². The summed E-state index contributed by atoms with van der Waals surface area (Å²) in [4.78, 5) is 11.7. The van der Waals surface area contributed by atoms with Crippen molar-refractivity contribution in [2.45, 2.75) is 20.0 Å². The number of anilines is 1. The number of esters is 1. The van der Waals surface area contributed by atoms with Crippen LogP contribution in [0, 0.1) is 0 Å². The molecule has 0 aliphatic heterocycles. The molecule has 0 saturated carbocycles. The number of nitrogens with zero attached hydrogens (tertiary/aromatic N) is 2. The van der Waals surface area contributed by atoms with Crippen molar-refractivity contribution in [2.75, 3.05) is 12.4 Å². The topological polar surface area (TPSA) is 56.2 Å². The Morgan fingerprint density at radius 1 is 1.45 bits per heavy atom. The molecule has 5 nitrogen and oxygen atoms in total. The van der Waals surface area contributed by atoms with E-state index in [1.807, 2.05) is 17.7 Å². The van der Waals surface area contributed by atoms with Gasteiger partial charge in [0, 0.05) is 23.5 Å². The molecule has 0 aliphatic rings. The van der Waals surface area contributed by atoms with Crippen molar-refractivity contribution in [2.24, 2.45) is 0 Å². The van der Waals surface area contributed by atoms with Gasteiger partial charge in [-0.25, -0.2) is 4.79 Å². The lowest BCUT2D eigenvalue weighted by molar-refractivity contribution is 0.0602. The van der Waals surface area contributed by atoms with Gasteiger partial charge in [0.2, 0.25) is 0 Å². The summed E-state index contributed by atoms with van der Waals surface area (Å²) in [6.45, 7) is 3.40. The monoisotopic (exact) mass is 293 g/mol. The van der Waals surface area contributed by atoms with Crippen molar-refractivity contribution in [1.29, 1.82) is 0 Å². The second-order valence-corrected chi connectivity index (χ2v) is 4.61. The molecule has 0 fully saturated rings. The van der Waals surface area contributed by atoms with Crippen molar-refractivity contribution in [3.8, 4) is 0 Å². The average molecular weight is 294 g/mol. The van der Waals surface area contributed by atoms with Crippen molar-refractivity contribution in [3.05, 3.63) is 46.7 Å². The Morgan fingerprint density at radius 2 is 2.25 bits per heavy atom. The Hall–Kier alpha value is -2.01. The minimum Gasteiger partial charge on any atom is -0.465 e. The minimum atomic E-state index is -0.418. The molecule has 1 aromatic heterocycles. The number of carbonyl (C=O) groups excluding carboxylic acids is 1. The van der Waals surface area contributed by atoms with Crippen LogP contribution in [-0.2, 0) is 17.8 Å². The maximum absolute atomic E-state index is 11.7. The number of benzene rings is 1. The first-order valence-corrected chi connectivity index (χ1v) is 6.66. The number of hydrogen-bond donors (Lipinski definition) is 1. The molecule has 0 aliphatic carbocycles. The summed E-state index contributed by atoms with van der Waals surface area (Å²) < 4.78 is 6.65. The molecule has 0 spiro atoms. The first-order chi connectivity index (χ1) is 9.65. The van der Waals surface area contributed by atoms with Gasteiger partial charge in [0.25, 0.3) is 0 Å². The number of rotatable bonds is 5. The standard InChI is InChI=1S/C14H16ClN3O2/c1-3-18-11(6-7-17-18)9-16-13-5-4-10(15)8-12(13)14(19)20-2/h4-8,16H,3,9H2,1-2H3. The van der Waals surface area contributed by atoms with E-state index in [9.17, 15) is 4.79 Å². The largest absolute Gasteiger partial charge is 0.465 e. The fourth-order valence-electron chi connectivity index (χ4n) is 1.93. The molecule has 106 valence electrons. The summed E-state index contributed by atoms with van der Waals surface area (Å²) in [7, 11) is 1.35. The molecule has 1 aromatic carbocycles. The van der Waals surface area contributed by atoms with Gasteiger partial charge in [-0.05, 0) is 31.2 Å². The van der Waals surface area contributed by atoms with Crippen molar-refractivity contribution >= 4 is 23.3 Å². The third kappa shape index (κ3) is 3.11. The molecule has 0 unspecified atom stereocenters. The van der Waals surface area contributed by atoms with Gasteiger partial charge in [0.15, 0.2) is 0 Å². The first-order valence-electron chi connectivity index (χ1n) is 6.28. The fourth-order valence-corrected chi connectivity index (χ4v) is 2.10. The quantitative estimate of drug-likeness (QED) is 0.861. The molecular formula is C14H16ClN3O2. The van der Waals surface area contributed by atoms with Crippen LogP contribution in [0.25, 0.3) is 0 Å². The van der Waals surface area contributed by atoms with Crippen LogP contribution in [0.3, 0.4) is 0 Å². The highest BCUT2D eigenvalue weighted by atomic mass is 35.5. The van der Waals surface area contributed by atoms with Gasteiger partial charge in [-0.15, -0.1) is 0 Å². The number of aromatic nitrogens is 2. The van der Waals surface area contributed by atoms with Crippen LogP contribution in [0.1, 0.15) is 23.0 Å². The van der Waals surface area contributed by atoms with Gasteiger partial charge < -0.3 is 10.1 Å². The van der Waals surface area contributed by atoms with E-state index in [0.29, 0.717) is 22.8 Å². The van der Waals surface area contributed by atoms with Crippen LogP contribution in [0.4, 0.5) is 5.69 Å². The molecule has 0 atom stereocenters. The third-order valence-electron chi connectivity index (χ3n) is 2.95. The Balaban J connectivity index is 2.19. The van der Waals surface area contributed by atoms with E-state index in [1.54, 1.807) is 24.4 Å². The number of hydrogen-bond acceptors (Lipinski definition) is 4. The highest BCUT2D eigenvalue weighted by molar-refractivity contribution is 6.31. The van der Waals surface area contributed by atoms with Crippen molar-refractivity contribution < 1.29 is 9.53 Å². The Morgan fingerprint density at radius 3 is 2.95 bits per heavy atom. The lowest BCUT2D eigenvalue weighted by atomic mass is 10.1. The van der Waals surface area contributed by atoms with Crippen LogP contribution >= 0.6 is 11.6 Å². The van der Waals surface area contributed by atoms with Crippen LogP contribution < -0.4 is 5.32 Å². The SMILES string of the molecule is CCn1nccc1CNc1ccc(Cl)cc1C(=O)OC. The lowest BCUT2D eigenvalue weighted by Crippen LogP contribution is -2.11. The maximum Gasteiger partial charge on any atom is 0.340 e. The number of carbonyl (C=O) groups is 1. The van der Waals surface area contributed by atoms with E-state index in [-0.39, 0.29) is 0 Å². The van der Waals surface area contributed by atoms with Gasteiger partial charge in [-0.1, -0.05) is 11.6 Å². The highest BCUT2D eigenvalue weighted by Crippen LogP contribution is 2.22. The fraction of sp³-hybridized carbons (Fsp3) is 0.286. The van der Waals surface area contributed by atoms with Gasteiger partial charge in [0.1, 0.15) is 0 Å². The lowest BCUT2D eigenvalue weighted by Gasteiger charge is -2.12. The molecule has 2 aromatic rings. The predicted octanol–water partition coefficient (Wildman–Crippen LogP) is 2.96. The van der Waals surface area contributed by atoms with Gasteiger partial charge in [-0.3, -0.25) is 4.68 Å². The molecule has 0 radical (unpaired) electrons. The average Bonchev–Trinajstić information content (AvgIpc) is 2.92. The number of aryl methyl sites for hydroxylation is 1. The normalized spacial score (nSPS) is 10.3. The second kappa shape index (κ2) is 6.43. The third-order valence-corrected chi connectivity index (χ3v) is 3.19. The van der Waals surface area contributed by atoms with Gasteiger partial charge in [-0.2, -0.15) is 5.10 Å². The smallest absolute Gasteiger partial charge is 0.340 e. The molecule has 6 heteroatoms. The molecular weight excluding hydrogens is 278 g/mol. The molecule has 0 saturated heterocycles. The molecule has 1 N–H and O–H groups in total. The molecule has 20 heavy (non-hydrogen) atoms. The number of methoxy groups -OCH3 is 1. The first kappa shape index (κ1) is 14.4. The van der Waals surface area contributed by atoms with Gasteiger partial charge in [0.05, 0.1) is 24.9 Å². The van der Waals surface area contributed by atoms with E-state index in [2.05, 4.69) is 10.4 Å². The highest BCUT2D eigenvalue weighted by Gasteiger charge is 2.12. The summed E-state index contributed by atoms with van der Waals surface area (Å²) in [5.41, 5.74) is 2.14. The Kier molecular flexibility index (Phi) is 4.63. The summed E-state index contributed by atoms with van der Waals surface area (Å²) >= 11 is 5.92. The summed E-state index contributed by atoms with van der Waals surface area (Å²) in [5.74, 6) is -0.418. The van der Waals surface area contributed by atoms with Crippen molar-refractivity contribution in [1.82, 2.24) is 9.78 Å². The van der Waals surface area contributed by atoms with Crippen LogP contribution in [0.2, 0.25) is 5.02 Å². The van der Waals surface area contributed by atoms with Gasteiger partial charge >= 0.3 is 5.97 Å². The van der Waals surface area contributed by atoms with Crippen LogP contribution in [0.15, 0.2) is 30.5 Å². The van der Waals surface area contributed by atoms with E-state index in [4.69, 9.17) is 16.3 Å². The molecule has 0 amide bonds. The summed E-state index contributed by atoms with van der Waals surface area (Å²) in [6, 6.07) is 7.02. The van der Waals surface area contributed by atoms with Crippen LogP contribution in [-0.4, -0.2) is 22.9 Å². The predicted molar refractivity (Wildman–Crippen MR) is 78.0 cm³/mol. The zero-order valence-corrected chi connectivity index (χ0v) is 12.1. The Bertz CT molecular complexity index is 610. The maximum atomic E-state index is 11.7. The van der Waals surface area contributed by atoms with E-state index >= 15 is 0 Å². The van der Waals surface area contributed by atoms with E-state index in [0.717, 1.165) is 12.2 Å². The van der Waals surface area contributed by atoms with Crippen molar-refractivity contribution in [3.63, 3.8) is 0 Å². The zero-order valence-electron chi connectivity index (χ0n) is 11.4. The number of halogens is 1. The summed E-state index contributed by atoms with van der Waals surface area (Å²) in [5, 5.41) is 7.91. The molecule has 1 heterocycles. The zero-order chi connectivity index (χ0) is 14.5. The Labute approximate surface area is 122 Å². The number of nitrogens with one attached hydrogen (secondary N) is 1. The summed E-state index contributed by atoms with van der Waals surface area (Å²) in [6.07, 6.45) is 1.75. The number of ether oxygens (including phenoxy) is 1.